The van der Waals surface area contributed by atoms with Gasteiger partial charge in [0.15, 0.2) is 0 Å². The molecular formula is C31H35ClN4O2. The van der Waals surface area contributed by atoms with E-state index in [-0.39, 0.29) is 29.9 Å². The predicted molar refractivity (Wildman–Crippen MR) is 152 cm³/mol. The molecule has 0 unspecified atom stereocenters. The molecule has 38 heavy (non-hydrogen) atoms. The van der Waals surface area contributed by atoms with Crippen molar-refractivity contribution in [3.8, 4) is 0 Å². The number of anilines is 1. The standard InChI is InChI=1S/C31H35ClN4O2/c1-21(2)36(31(38)26-6-4-5-7-28(26)32)29-11-10-22-8-9-23(20-27(22)29)30(37)34(3)24-14-18-35(19-15-24)25-12-16-33-17-13-25/h4-9,12-13,16-17,20-21,24,29H,10-11,14-15,18-19H2,1-3H3/t29-/m1/s1. The Morgan fingerprint density at radius 3 is 2.37 bits per heavy atom. The third-order valence-corrected chi connectivity index (χ3v) is 8.36. The fourth-order valence-corrected chi connectivity index (χ4v) is 6.16. The first kappa shape index (κ1) is 26.2. The summed E-state index contributed by atoms with van der Waals surface area (Å²) in [6.45, 7) is 5.89. The van der Waals surface area contributed by atoms with E-state index in [1.807, 2.05) is 79.5 Å². The molecule has 0 saturated carbocycles. The maximum Gasteiger partial charge on any atom is 0.256 e. The van der Waals surface area contributed by atoms with Gasteiger partial charge in [-0.2, -0.15) is 0 Å². The molecule has 5 rings (SSSR count). The third kappa shape index (κ3) is 5.14. The van der Waals surface area contributed by atoms with Crippen LogP contribution >= 0.6 is 11.6 Å². The van der Waals surface area contributed by atoms with E-state index in [0.29, 0.717) is 16.1 Å². The first-order chi connectivity index (χ1) is 18.3. The van der Waals surface area contributed by atoms with Gasteiger partial charge in [-0.05, 0) is 87.1 Å². The van der Waals surface area contributed by atoms with Crippen LogP contribution in [0.1, 0.15) is 71.0 Å². The van der Waals surface area contributed by atoms with Crippen LogP contribution < -0.4 is 4.90 Å². The second-order valence-electron chi connectivity index (χ2n) is 10.6. The number of hydrogen-bond acceptors (Lipinski definition) is 4. The van der Waals surface area contributed by atoms with E-state index >= 15 is 0 Å². The summed E-state index contributed by atoms with van der Waals surface area (Å²) in [4.78, 5) is 37.5. The SMILES string of the molecule is CC(C)N(C(=O)c1ccccc1Cl)[C@@H]1CCc2ccc(C(=O)N(C)C3CCN(c4ccncc4)CC3)cc21. The highest BCUT2D eigenvalue weighted by atomic mass is 35.5. The van der Waals surface area contributed by atoms with Crippen LogP contribution in [0.3, 0.4) is 0 Å². The first-order valence-electron chi connectivity index (χ1n) is 13.5. The maximum absolute atomic E-state index is 13.6. The van der Waals surface area contributed by atoms with Crippen molar-refractivity contribution in [2.24, 2.45) is 0 Å². The Balaban J connectivity index is 1.33. The Labute approximate surface area is 230 Å². The number of nitrogens with zero attached hydrogens (tertiary/aromatic N) is 4. The second-order valence-corrected chi connectivity index (χ2v) is 11.0. The maximum atomic E-state index is 13.6. The van der Waals surface area contributed by atoms with Crippen molar-refractivity contribution in [1.82, 2.24) is 14.8 Å². The summed E-state index contributed by atoms with van der Waals surface area (Å²) in [7, 11) is 1.92. The average Bonchev–Trinajstić information content (AvgIpc) is 3.35. The molecule has 0 spiro atoms. The van der Waals surface area contributed by atoms with Crippen molar-refractivity contribution in [1.29, 1.82) is 0 Å². The number of amides is 2. The minimum atomic E-state index is -0.0876. The molecule has 1 aromatic heterocycles. The lowest BCUT2D eigenvalue weighted by Crippen LogP contribution is -2.45. The van der Waals surface area contributed by atoms with Crippen molar-refractivity contribution >= 4 is 29.1 Å². The molecule has 198 valence electrons. The Bertz CT molecular complexity index is 1300. The highest BCUT2D eigenvalue weighted by Gasteiger charge is 2.35. The number of carbonyl (C=O) groups excluding carboxylic acids is 2. The van der Waals surface area contributed by atoms with E-state index < -0.39 is 0 Å². The van der Waals surface area contributed by atoms with Crippen LogP contribution in [0.25, 0.3) is 0 Å². The number of fused-ring (bicyclic) bond motifs is 1. The molecular weight excluding hydrogens is 496 g/mol. The molecule has 1 aliphatic carbocycles. The van der Waals surface area contributed by atoms with Gasteiger partial charge in [-0.3, -0.25) is 14.6 Å². The van der Waals surface area contributed by atoms with Crippen molar-refractivity contribution in [3.63, 3.8) is 0 Å². The zero-order valence-electron chi connectivity index (χ0n) is 22.3. The topological polar surface area (TPSA) is 56.8 Å². The number of piperidine rings is 1. The van der Waals surface area contributed by atoms with E-state index in [4.69, 9.17) is 11.6 Å². The van der Waals surface area contributed by atoms with Crippen LogP contribution in [0.15, 0.2) is 67.0 Å². The van der Waals surface area contributed by atoms with Crippen LogP contribution in [-0.4, -0.2) is 58.8 Å². The predicted octanol–water partition coefficient (Wildman–Crippen LogP) is 6.01. The summed E-state index contributed by atoms with van der Waals surface area (Å²) in [5, 5.41) is 0.460. The van der Waals surface area contributed by atoms with Crippen molar-refractivity contribution < 1.29 is 9.59 Å². The van der Waals surface area contributed by atoms with Gasteiger partial charge < -0.3 is 14.7 Å². The number of aryl methyl sites for hydroxylation is 1. The minimum absolute atomic E-state index is 0.0117. The first-order valence-corrected chi connectivity index (χ1v) is 13.8. The van der Waals surface area contributed by atoms with Gasteiger partial charge in [0.1, 0.15) is 0 Å². The van der Waals surface area contributed by atoms with Crippen LogP contribution in [-0.2, 0) is 6.42 Å². The Kier molecular flexibility index (Phi) is 7.70. The Morgan fingerprint density at radius 2 is 1.68 bits per heavy atom. The van der Waals surface area contributed by atoms with Crippen LogP contribution in [0, 0.1) is 0 Å². The fraction of sp³-hybridized carbons (Fsp3) is 0.387. The summed E-state index contributed by atoms with van der Waals surface area (Å²) in [6, 6.07) is 17.4. The largest absolute Gasteiger partial charge is 0.371 e. The number of rotatable bonds is 6. The molecule has 2 amide bonds. The molecule has 2 heterocycles. The molecule has 1 fully saturated rings. The summed E-state index contributed by atoms with van der Waals surface area (Å²) in [5.41, 5.74) is 4.66. The number of aromatic nitrogens is 1. The molecule has 3 aromatic rings. The molecule has 1 aliphatic heterocycles. The van der Waals surface area contributed by atoms with Gasteiger partial charge in [0, 0.05) is 55.9 Å². The van der Waals surface area contributed by atoms with Gasteiger partial charge in [0.25, 0.3) is 11.8 Å². The van der Waals surface area contributed by atoms with E-state index in [0.717, 1.165) is 44.3 Å². The van der Waals surface area contributed by atoms with Crippen molar-refractivity contribution in [3.05, 3.63) is 94.3 Å². The average molecular weight is 531 g/mol. The normalized spacial score (nSPS) is 17.4. The molecule has 0 bridgehead atoms. The van der Waals surface area contributed by atoms with E-state index in [9.17, 15) is 9.59 Å². The van der Waals surface area contributed by atoms with Crippen molar-refractivity contribution in [2.45, 2.75) is 57.7 Å². The zero-order chi connectivity index (χ0) is 26.8. The van der Waals surface area contributed by atoms with Gasteiger partial charge in [0.2, 0.25) is 0 Å². The summed E-state index contributed by atoms with van der Waals surface area (Å²) in [6.07, 6.45) is 7.21. The van der Waals surface area contributed by atoms with Gasteiger partial charge in [-0.15, -0.1) is 0 Å². The third-order valence-electron chi connectivity index (χ3n) is 8.03. The summed E-state index contributed by atoms with van der Waals surface area (Å²) < 4.78 is 0. The number of benzene rings is 2. The van der Waals surface area contributed by atoms with Crippen LogP contribution in [0.2, 0.25) is 5.02 Å². The molecule has 2 aliphatic rings. The lowest BCUT2D eigenvalue weighted by molar-refractivity contribution is 0.0606. The second kappa shape index (κ2) is 11.2. The minimum Gasteiger partial charge on any atom is -0.371 e. The lowest BCUT2D eigenvalue weighted by atomic mass is 9.99. The summed E-state index contributed by atoms with van der Waals surface area (Å²) >= 11 is 6.39. The molecule has 1 atom stereocenters. The quantitative estimate of drug-likeness (QED) is 0.391. The number of hydrogen-bond donors (Lipinski definition) is 0. The van der Waals surface area contributed by atoms with Crippen LogP contribution in [0.4, 0.5) is 5.69 Å². The van der Waals surface area contributed by atoms with Crippen molar-refractivity contribution in [2.75, 3.05) is 25.0 Å². The molecule has 7 heteroatoms. The molecule has 0 radical (unpaired) electrons. The smallest absolute Gasteiger partial charge is 0.256 e. The van der Waals surface area contributed by atoms with Gasteiger partial charge in [-0.25, -0.2) is 0 Å². The monoisotopic (exact) mass is 530 g/mol. The van der Waals surface area contributed by atoms with Gasteiger partial charge >= 0.3 is 0 Å². The fourth-order valence-electron chi connectivity index (χ4n) is 5.95. The molecule has 0 N–H and O–H groups in total. The Hall–Kier alpha value is -3.38. The van der Waals surface area contributed by atoms with Gasteiger partial charge in [-0.1, -0.05) is 29.8 Å². The van der Waals surface area contributed by atoms with Crippen LogP contribution in [0.5, 0.6) is 0 Å². The summed E-state index contributed by atoms with van der Waals surface area (Å²) in [5.74, 6) is -0.0346. The Morgan fingerprint density at radius 1 is 0.974 bits per heavy atom. The van der Waals surface area contributed by atoms with E-state index in [1.54, 1.807) is 12.1 Å². The van der Waals surface area contributed by atoms with Gasteiger partial charge in [0.05, 0.1) is 16.6 Å². The van der Waals surface area contributed by atoms with E-state index in [2.05, 4.69) is 16.0 Å². The highest BCUT2D eigenvalue weighted by molar-refractivity contribution is 6.33. The molecule has 6 nitrogen and oxygen atoms in total. The molecule has 2 aromatic carbocycles. The zero-order valence-corrected chi connectivity index (χ0v) is 23.1. The number of carbonyl (C=O) groups is 2. The number of pyridine rings is 1. The number of halogens is 1. The highest BCUT2D eigenvalue weighted by Crippen LogP contribution is 2.39. The van der Waals surface area contributed by atoms with E-state index in [1.165, 1.54) is 11.3 Å². The molecule has 1 saturated heterocycles. The lowest BCUT2D eigenvalue weighted by Gasteiger charge is -2.38.